The van der Waals surface area contributed by atoms with Crippen molar-refractivity contribution in [2.24, 2.45) is 0 Å². The van der Waals surface area contributed by atoms with E-state index in [-0.39, 0.29) is 10.5 Å². The molecule has 1 aliphatic rings. The first-order chi connectivity index (χ1) is 14.8. The molecule has 0 radical (unpaired) electrons. The van der Waals surface area contributed by atoms with Crippen LogP contribution in [0.3, 0.4) is 0 Å². The Morgan fingerprint density at radius 1 is 1.00 bits per heavy atom. The Labute approximate surface area is 181 Å². The van der Waals surface area contributed by atoms with Crippen LogP contribution >= 0.6 is 0 Å². The number of esters is 1. The zero-order chi connectivity index (χ0) is 22.6. The lowest BCUT2D eigenvalue weighted by atomic mass is 10.1. The van der Waals surface area contributed by atoms with Crippen LogP contribution < -0.4 is 10.2 Å². The van der Waals surface area contributed by atoms with Crippen molar-refractivity contribution in [3.63, 3.8) is 0 Å². The van der Waals surface area contributed by atoms with E-state index in [2.05, 4.69) is 10.2 Å². The minimum absolute atomic E-state index is 0.00107. The highest BCUT2D eigenvalue weighted by Crippen LogP contribution is 2.31. The van der Waals surface area contributed by atoms with Crippen molar-refractivity contribution in [2.45, 2.75) is 17.7 Å². The van der Waals surface area contributed by atoms with Gasteiger partial charge in [0.05, 0.1) is 36.1 Å². The molecule has 0 atom stereocenters. The van der Waals surface area contributed by atoms with E-state index in [9.17, 15) is 18.0 Å². The highest BCUT2D eigenvalue weighted by Gasteiger charge is 2.22. The number of amides is 1. The summed E-state index contributed by atoms with van der Waals surface area (Å²) in [5, 5.41) is 2.84. The molecule has 0 aliphatic carbocycles. The lowest BCUT2D eigenvalue weighted by molar-refractivity contribution is -0.0258. The summed E-state index contributed by atoms with van der Waals surface area (Å²) in [6, 6.07) is 10.6. The molecule has 1 heterocycles. The van der Waals surface area contributed by atoms with Gasteiger partial charge in [-0.3, -0.25) is 9.63 Å². The molecule has 10 heteroatoms. The summed E-state index contributed by atoms with van der Waals surface area (Å²) in [5.41, 5.74) is 1.91. The molecule has 0 saturated carbocycles. The fourth-order valence-corrected chi connectivity index (χ4v) is 4.31. The SMILES string of the molecule is COC(=O)c1ccc(N2CCCC2)c(NC(=O)c2ccc(S(=O)(=O)N(C)OC)cc2)c1. The molecule has 1 amide bonds. The maximum atomic E-state index is 12.9. The van der Waals surface area contributed by atoms with Gasteiger partial charge in [0.15, 0.2) is 0 Å². The zero-order valence-corrected chi connectivity index (χ0v) is 18.4. The summed E-state index contributed by atoms with van der Waals surface area (Å²) in [5.74, 6) is -0.924. The maximum Gasteiger partial charge on any atom is 0.337 e. The Hall–Kier alpha value is -2.95. The van der Waals surface area contributed by atoms with Crippen molar-refractivity contribution in [1.29, 1.82) is 0 Å². The first-order valence-corrected chi connectivity index (χ1v) is 11.1. The van der Waals surface area contributed by atoms with Gasteiger partial charge in [-0.05, 0) is 55.3 Å². The van der Waals surface area contributed by atoms with E-state index in [0.29, 0.717) is 11.3 Å². The number of nitrogens with one attached hydrogen (secondary N) is 1. The summed E-state index contributed by atoms with van der Waals surface area (Å²) < 4.78 is 30.1. The normalized spacial score (nSPS) is 14.0. The van der Waals surface area contributed by atoms with Crippen molar-refractivity contribution in [1.82, 2.24) is 4.47 Å². The predicted octanol–water partition coefficient (Wildman–Crippen LogP) is 2.51. The molecule has 3 rings (SSSR count). The molecule has 31 heavy (non-hydrogen) atoms. The number of hydrogen-bond acceptors (Lipinski definition) is 7. The monoisotopic (exact) mass is 447 g/mol. The molecule has 1 fully saturated rings. The lowest BCUT2D eigenvalue weighted by Crippen LogP contribution is -2.25. The van der Waals surface area contributed by atoms with Gasteiger partial charge in [-0.25, -0.2) is 13.2 Å². The fraction of sp³-hybridized carbons (Fsp3) is 0.333. The van der Waals surface area contributed by atoms with Crippen LogP contribution in [0.15, 0.2) is 47.4 Å². The number of hydroxylamine groups is 1. The predicted molar refractivity (Wildman–Crippen MR) is 116 cm³/mol. The number of nitrogens with zero attached hydrogens (tertiary/aromatic N) is 2. The Balaban J connectivity index is 1.87. The second-order valence-corrected chi connectivity index (χ2v) is 8.93. The van der Waals surface area contributed by atoms with E-state index in [1.54, 1.807) is 18.2 Å². The van der Waals surface area contributed by atoms with Gasteiger partial charge >= 0.3 is 5.97 Å². The number of sulfonamides is 1. The van der Waals surface area contributed by atoms with Gasteiger partial charge in [0.2, 0.25) is 0 Å². The third-order valence-corrected chi connectivity index (χ3v) is 6.82. The van der Waals surface area contributed by atoms with Gasteiger partial charge < -0.3 is 15.0 Å². The Bertz CT molecular complexity index is 1060. The quantitative estimate of drug-likeness (QED) is 0.514. The number of ether oxygens (including phenoxy) is 1. The van der Waals surface area contributed by atoms with Crippen LogP contribution in [0.5, 0.6) is 0 Å². The van der Waals surface area contributed by atoms with E-state index in [0.717, 1.165) is 36.1 Å². The number of anilines is 2. The minimum Gasteiger partial charge on any atom is -0.465 e. The van der Waals surface area contributed by atoms with Gasteiger partial charge in [0, 0.05) is 25.7 Å². The van der Waals surface area contributed by atoms with E-state index in [1.807, 2.05) is 0 Å². The van der Waals surface area contributed by atoms with Crippen molar-refractivity contribution in [2.75, 3.05) is 44.6 Å². The second-order valence-electron chi connectivity index (χ2n) is 6.99. The number of rotatable bonds is 7. The molecule has 1 aliphatic heterocycles. The summed E-state index contributed by atoms with van der Waals surface area (Å²) in [7, 11) is 0.0239. The van der Waals surface area contributed by atoms with Gasteiger partial charge in [-0.15, -0.1) is 0 Å². The van der Waals surface area contributed by atoms with Crippen LogP contribution in [0, 0.1) is 0 Å². The zero-order valence-electron chi connectivity index (χ0n) is 17.6. The summed E-state index contributed by atoms with van der Waals surface area (Å²) in [6.07, 6.45) is 2.11. The fourth-order valence-electron chi connectivity index (χ4n) is 3.33. The molecule has 0 unspecified atom stereocenters. The van der Waals surface area contributed by atoms with Crippen LogP contribution in [-0.2, 0) is 19.6 Å². The Morgan fingerprint density at radius 3 is 2.19 bits per heavy atom. The Kier molecular flexibility index (Phi) is 6.94. The van der Waals surface area contributed by atoms with E-state index in [4.69, 9.17) is 9.57 Å². The van der Waals surface area contributed by atoms with Crippen LogP contribution in [0.25, 0.3) is 0 Å². The molecule has 166 valence electrons. The standard InChI is InChI=1S/C21H25N3O6S/c1-23(30-3)31(27,28)17-9-6-15(7-10-17)20(25)22-18-14-16(21(26)29-2)8-11-19(18)24-12-4-5-13-24/h6-11,14H,4-5,12-13H2,1-3H3,(H,22,25). The second kappa shape index (κ2) is 9.46. The first kappa shape index (κ1) is 22.7. The van der Waals surface area contributed by atoms with E-state index in [1.165, 1.54) is 45.5 Å². The van der Waals surface area contributed by atoms with Crippen LogP contribution in [-0.4, -0.2) is 59.1 Å². The molecule has 2 aromatic carbocycles. The third-order valence-electron chi connectivity index (χ3n) is 5.12. The largest absolute Gasteiger partial charge is 0.465 e. The maximum absolute atomic E-state index is 12.9. The highest BCUT2D eigenvalue weighted by atomic mass is 32.2. The number of methoxy groups -OCH3 is 1. The average Bonchev–Trinajstić information content (AvgIpc) is 3.32. The minimum atomic E-state index is -3.80. The molecule has 0 bridgehead atoms. The summed E-state index contributed by atoms with van der Waals surface area (Å²) >= 11 is 0. The van der Waals surface area contributed by atoms with Crippen molar-refractivity contribution in [3.8, 4) is 0 Å². The number of hydrogen-bond donors (Lipinski definition) is 1. The van der Waals surface area contributed by atoms with Crippen LogP contribution in [0.1, 0.15) is 33.6 Å². The van der Waals surface area contributed by atoms with Gasteiger partial charge in [0.25, 0.3) is 15.9 Å². The molecule has 0 aromatic heterocycles. The first-order valence-electron chi connectivity index (χ1n) is 9.69. The van der Waals surface area contributed by atoms with E-state index >= 15 is 0 Å². The van der Waals surface area contributed by atoms with Gasteiger partial charge in [-0.1, -0.05) is 4.47 Å². The van der Waals surface area contributed by atoms with Crippen molar-refractivity contribution < 1.29 is 27.6 Å². The van der Waals surface area contributed by atoms with Gasteiger partial charge in [-0.2, -0.15) is 0 Å². The molecule has 1 saturated heterocycles. The molecular weight excluding hydrogens is 422 g/mol. The number of benzene rings is 2. The topological polar surface area (TPSA) is 105 Å². The number of carbonyl (C=O) groups is 2. The van der Waals surface area contributed by atoms with Crippen LogP contribution in [0.4, 0.5) is 11.4 Å². The average molecular weight is 448 g/mol. The van der Waals surface area contributed by atoms with Crippen molar-refractivity contribution >= 4 is 33.3 Å². The van der Waals surface area contributed by atoms with Crippen molar-refractivity contribution in [3.05, 3.63) is 53.6 Å². The molecule has 9 nitrogen and oxygen atoms in total. The Morgan fingerprint density at radius 2 is 1.61 bits per heavy atom. The van der Waals surface area contributed by atoms with E-state index < -0.39 is 21.9 Å². The summed E-state index contributed by atoms with van der Waals surface area (Å²) in [6.45, 7) is 1.72. The molecular formula is C21H25N3O6S. The molecule has 2 aromatic rings. The number of carbonyl (C=O) groups excluding carboxylic acids is 2. The smallest absolute Gasteiger partial charge is 0.337 e. The molecule has 1 N–H and O–H groups in total. The summed E-state index contributed by atoms with van der Waals surface area (Å²) in [4.78, 5) is 31.7. The highest BCUT2D eigenvalue weighted by molar-refractivity contribution is 7.89. The third kappa shape index (κ3) is 4.87. The molecule has 0 spiro atoms. The lowest BCUT2D eigenvalue weighted by Gasteiger charge is -2.22. The van der Waals surface area contributed by atoms with Crippen LogP contribution in [0.2, 0.25) is 0 Å². The van der Waals surface area contributed by atoms with Gasteiger partial charge in [0.1, 0.15) is 0 Å².